The minimum atomic E-state index is -0.657. The van der Waals surface area contributed by atoms with Crippen molar-refractivity contribution in [3.05, 3.63) is 0 Å². The Kier molecular flexibility index (Phi) is 12.0. The molecule has 1 rings (SSSR count). The number of rotatable bonds is 3. The molecule has 0 aromatic carbocycles. The fourth-order valence-corrected chi connectivity index (χ4v) is 1.92. The lowest BCUT2D eigenvalue weighted by Gasteiger charge is -2.23. The summed E-state index contributed by atoms with van der Waals surface area (Å²) in [4.78, 5) is 35.8. The van der Waals surface area contributed by atoms with Crippen molar-refractivity contribution >= 4 is 17.9 Å². The highest BCUT2D eigenvalue weighted by molar-refractivity contribution is 5.89. The van der Waals surface area contributed by atoms with Crippen LogP contribution in [-0.4, -0.2) is 47.5 Å². The molecule has 0 radical (unpaired) electrons. The van der Waals surface area contributed by atoms with Crippen molar-refractivity contribution in [3.8, 4) is 0 Å². The number of carbonyl (C=O) groups excluding carboxylic acids is 3. The van der Waals surface area contributed by atoms with E-state index in [-0.39, 0.29) is 12.5 Å². The van der Waals surface area contributed by atoms with Crippen molar-refractivity contribution in [2.24, 2.45) is 5.73 Å². The van der Waals surface area contributed by atoms with E-state index >= 15 is 0 Å². The zero-order valence-corrected chi connectivity index (χ0v) is 15.6. The Balaban J connectivity index is 0. The molecule has 0 saturated carbocycles. The number of nitrogens with one attached hydrogen (secondary N) is 1. The minimum absolute atomic E-state index is 0.196. The van der Waals surface area contributed by atoms with Crippen molar-refractivity contribution in [1.82, 2.24) is 10.2 Å². The number of amides is 3. The summed E-state index contributed by atoms with van der Waals surface area (Å²) in [5.41, 5.74) is 4.61. The first kappa shape index (κ1) is 23.5. The van der Waals surface area contributed by atoms with E-state index in [1.807, 2.05) is 27.7 Å². The summed E-state index contributed by atoms with van der Waals surface area (Å²) in [6.45, 7) is 13.5. The Morgan fingerprint density at radius 1 is 1.17 bits per heavy atom. The molecule has 1 unspecified atom stereocenters. The summed E-state index contributed by atoms with van der Waals surface area (Å²) < 4.78 is 5.01. The predicted molar refractivity (Wildman–Crippen MR) is 90.9 cm³/mol. The second-order valence-electron chi connectivity index (χ2n) is 5.50. The summed E-state index contributed by atoms with van der Waals surface area (Å²) in [7, 11) is 0. The van der Waals surface area contributed by atoms with Crippen LogP contribution in [-0.2, 0) is 14.3 Å². The maximum atomic E-state index is 11.9. The van der Waals surface area contributed by atoms with Gasteiger partial charge in [0.15, 0.2) is 0 Å². The first-order chi connectivity index (χ1) is 10.7. The Labute approximate surface area is 139 Å². The fourth-order valence-electron chi connectivity index (χ4n) is 1.92. The maximum absolute atomic E-state index is 11.9. The lowest BCUT2D eigenvalue weighted by Crippen LogP contribution is -2.48. The lowest BCUT2D eigenvalue weighted by molar-refractivity contribution is -0.136. The van der Waals surface area contributed by atoms with Crippen LogP contribution in [0.5, 0.6) is 0 Å². The van der Waals surface area contributed by atoms with Crippen molar-refractivity contribution in [2.45, 2.75) is 73.0 Å². The zero-order valence-electron chi connectivity index (χ0n) is 15.6. The van der Waals surface area contributed by atoms with E-state index in [4.69, 9.17) is 10.5 Å². The van der Waals surface area contributed by atoms with Crippen molar-refractivity contribution < 1.29 is 19.1 Å². The normalized spacial score (nSPS) is 16.3. The van der Waals surface area contributed by atoms with E-state index in [0.717, 1.165) is 6.42 Å². The molecular weight excluding hydrogens is 298 g/mol. The molecule has 7 heteroatoms. The van der Waals surface area contributed by atoms with Crippen LogP contribution in [0.15, 0.2) is 0 Å². The summed E-state index contributed by atoms with van der Waals surface area (Å²) in [6.07, 6.45) is 0.662. The fraction of sp³-hybridized carbons (Fsp3) is 0.812. The molecule has 3 amide bonds. The van der Waals surface area contributed by atoms with Crippen LogP contribution in [0, 0.1) is 0 Å². The largest absolute Gasteiger partial charge is 0.444 e. The second kappa shape index (κ2) is 11.7. The topological polar surface area (TPSA) is 102 Å². The standard InChI is InChI=1S/C12H21N3O4.2C2H6/c1-12(2,3)19-11(18)14-7-9(16)15-6-4-5-8(15)10(13)17;2*1-2/h8H,4-7H2,1-3H3,(H2,13,17)(H,14,18);2*1-2H3. The molecule has 0 aliphatic carbocycles. The number of hydrogen-bond donors (Lipinski definition) is 2. The number of primary amides is 1. The Morgan fingerprint density at radius 2 is 1.70 bits per heavy atom. The van der Waals surface area contributed by atoms with Crippen LogP contribution in [0.2, 0.25) is 0 Å². The molecule has 7 nitrogen and oxygen atoms in total. The van der Waals surface area contributed by atoms with Gasteiger partial charge >= 0.3 is 6.09 Å². The molecule has 0 bridgehead atoms. The van der Waals surface area contributed by atoms with Crippen molar-refractivity contribution in [2.75, 3.05) is 13.1 Å². The van der Waals surface area contributed by atoms with Crippen molar-refractivity contribution in [3.63, 3.8) is 0 Å². The Hall–Kier alpha value is -1.79. The molecule has 0 aromatic rings. The van der Waals surface area contributed by atoms with Gasteiger partial charge in [-0.25, -0.2) is 4.79 Å². The van der Waals surface area contributed by atoms with Crippen LogP contribution < -0.4 is 11.1 Å². The molecule has 0 aromatic heterocycles. The lowest BCUT2D eigenvalue weighted by atomic mass is 10.2. The quantitative estimate of drug-likeness (QED) is 0.826. The van der Waals surface area contributed by atoms with Crippen LogP contribution in [0.4, 0.5) is 4.79 Å². The number of carbonyl (C=O) groups is 3. The van der Waals surface area contributed by atoms with E-state index in [1.54, 1.807) is 20.8 Å². The van der Waals surface area contributed by atoms with Gasteiger partial charge in [0.2, 0.25) is 11.8 Å². The second-order valence-corrected chi connectivity index (χ2v) is 5.50. The molecule has 136 valence electrons. The first-order valence-electron chi connectivity index (χ1n) is 8.26. The molecule has 23 heavy (non-hydrogen) atoms. The van der Waals surface area contributed by atoms with Gasteiger partial charge in [-0.3, -0.25) is 9.59 Å². The van der Waals surface area contributed by atoms with Gasteiger partial charge in [0, 0.05) is 6.54 Å². The van der Waals surface area contributed by atoms with Crippen molar-refractivity contribution in [1.29, 1.82) is 0 Å². The molecule has 1 heterocycles. The van der Waals surface area contributed by atoms with Crippen LogP contribution in [0.25, 0.3) is 0 Å². The molecular formula is C16H33N3O4. The molecule has 1 aliphatic rings. The van der Waals surface area contributed by atoms with Gasteiger partial charge in [-0.2, -0.15) is 0 Å². The first-order valence-corrected chi connectivity index (χ1v) is 8.26. The minimum Gasteiger partial charge on any atom is -0.444 e. The van der Waals surface area contributed by atoms with E-state index in [2.05, 4.69) is 5.32 Å². The number of nitrogens with zero attached hydrogens (tertiary/aromatic N) is 1. The van der Waals surface area contributed by atoms with Gasteiger partial charge in [0.1, 0.15) is 18.2 Å². The number of nitrogens with two attached hydrogens (primary N) is 1. The number of hydrogen-bond acceptors (Lipinski definition) is 4. The highest BCUT2D eigenvalue weighted by atomic mass is 16.6. The average Bonchev–Trinajstić information content (AvgIpc) is 2.97. The van der Waals surface area contributed by atoms with E-state index < -0.39 is 23.6 Å². The molecule has 0 spiro atoms. The Bertz CT molecular complexity index is 378. The summed E-state index contributed by atoms with van der Waals surface area (Å²) >= 11 is 0. The third-order valence-electron chi connectivity index (χ3n) is 2.68. The summed E-state index contributed by atoms with van der Waals surface area (Å²) in [5, 5.41) is 2.37. The van der Waals surface area contributed by atoms with Gasteiger partial charge in [0.05, 0.1) is 0 Å². The third-order valence-corrected chi connectivity index (χ3v) is 2.68. The van der Waals surface area contributed by atoms with Gasteiger partial charge < -0.3 is 20.7 Å². The number of ether oxygens (including phenoxy) is 1. The highest BCUT2D eigenvalue weighted by Gasteiger charge is 2.32. The number of alkyl carbamates (subject to hydrolysis) is 1. The van der Waals surface area contributed by atoms with Gasteiger partial charge in [-0.15, -0.1) is 0 Å². The smallest absolute Gasteiger partial charge is 0.408 e. The average molecular weight is 331 g/mol. The molecule has 1 saturated heterocycles. The highest BCUT2D eigenvalue weighted by Crippen LogP contribution is 2.16. The maximum Gasteiger partial charge on any atom is 0.408 e. The molecule has 1 fully saturated rings. The zero-order chi connectivity index (χ0) is 18.6. The SMILES string of the molecule is CC.CC.CC(C)(C)OC(=O)NCC(=O)N1CCCC1C(N)=O. The van der Waals surface area contributed by atoms with Gasteiger partial charge in [-0.05, 0) is 33.6 Å². The van der Waals surface area contributed by atoms with E-state index in [1.165, 1.54) is 4.90 Å². The third kappa shape index (κ3) is 9.76. The summed E-state index contributed by atoms with van der Waals surface area (Å²) in [6, 6.07) is -0.562. The van der Waals surface area contributed by atoms with E-state index in [9.17, 15) is 14.4 Å². The Morgan fingerprint density at radius 3 is 2.13 bits per heavy atom. The monoisotopic (exact) mass is 331 g/mol. The summed E-state index contributed by atoms with van der Waals surface area (Å²) in [5.74, 6) is -0.838. The van der Waals surface area contributed by atoms with Crippen LogP contribution >= 0.6 is 0 Å². The molecule has 3 N–H and O–H groups in total. The van der Waals surface area contributed by atoms with Gasteiger partial charge in [0.25, 0.3) is 0 Å². The van der Waals surface area contributed by atoms with E-state index in [0.29, 0.717) is 13.0 Å². The van der Waals surface area contributed by atoms with Crippen LogP contribution in [0.1, 0.15) is 61.3 Å². The predicted octanol–water partition coefficient (Wildman–Crippen LogP) is 2.04. The van der Waals surface area contributed by atoms with Crippen LogP contribution in [0.3, 0.4) is 0 Å². The molecule has 1 atom stereocenters. The van der Waals surface area contributed by atoms with Gasteiger partial charge in [-0.1, -0.05) is 27.7 Å². The molecule has 1 aliphatic heterocycles. The number of likely N-dealkylation sites (tertiary alicyclic amines) is 1.